The second-order valence-corrected chi connectivity index (χ2v) is 3.43. The van der Waals surface area contributed by atoms with E-state index in [9.17, 15) is 4.79 Å². The van der Waals surface area contributed by atoms with Gasteiger partial charge in [-0.25, -0.2) is 0 Å². The lowest BCUT2D eigenvalue weighted by Gasteiger charge is -2.08. The number of benzene rings is 1. The van der Waals surface area contributed by atoms with Crippen molar-refractivity contribution in [2.24, 2.45) is 0 Å². The summed E-state index contributed by atoms with van der Waals surface area (Å²) in [5.41, 5.74) is 0.737. The Kier molecular flexibility index (Phi) is 5.82. The molecule has 0 heterocycles. The molecule has 2 N–H and O–H groups in total. The van der Waals surface area contributed by atoms with Crippen LogP contribution in [0.2, 0.25) is 0 Å². The zero-order chi connectivity index (χ0) is 12.5. The summed E-state index contributed by atoms with van der Waals surface area (Å²) >= 11 is 0. The van der Waals surface area contributed by atoms with Crippen LogP contribution in [0.5, 0.6) is 5.75 Å². The summed E-state index contributed by atoms with van der Waals surface area (Å²) in [4.78, 5) is 11.5. The Morgan fingerprint density at radius 3 is 3.06 bits per heavy atom. The van der Waals surface area contributed by atoms with E-state index in [1.54, 1.807) is 12.1 Å². The molecule has 0 saturated carbocycles. The second kappa shape index (κ2) is 7.46. The molecule has 4 heteroatoms. The zero-order valence-electron chi connectivity index (χ0n) is 10.0. The summed E-state index contributed by atoms with van der Waals surface area (Å²) in [5, 5.41) is 5.72. The molecule has 0 unspecified atom stereocenters. The highest BCUT2D eigenvalue weighted by Crippen LogP contribution is 2.16. The number of anilines is 1. The molecule has 0 fully saturated rings. The maximum atomic E-state index is 11.5. The smallest absolute Gasteiger partial charge is 0.238 e. The number of amides is 1. The van der Waals surface area contributed by atoms with Gasteiger partial charge < -0.3 is 15.4 Å². The molecule has 1 aromatic carbocycles. The lowest BCUT2D eigenvalue weighted by atomic mass is 10.3. The second-order valence-electron chi connectivity index (χ2n) is 3.43. The minimum atomic E-state index is -0.0829. The van der Waals surface area contributed by atoms with Crippen LogP contribution in [0, 0.1) is 0 Å². The van der Waals surface area contributed by atoms with E-state index in [1.807, 2.05) is 25.1 Å². The van der Waals surface area contributed by atoms with Crippen molar-refractivity contribution in [3.05, 3.63) is 36.9 Å². The summed E-state index contributed by atoms with van der Waals surface area (Å²) in [7, 11) is 0. The van der Waals surface area contributed by atoms with Gasteiger partial charge in [-0.15, -0.1) is 6.58 Å². The van der Waals surface area contributed by atoms with Gasteiger partial charge in [0.1, 0.15) is 5.75 Å². The first kappa shape index (κ1) is 13.3. The Balaban J connectivity index is 2.46. The fraction of sp³-hybridized carbons (Fsp3) is 0.308. The molecule has 0 atom stereocenters. The van der Waals surface area contributed by atoms with E-state index in [-0.39, 0.29) is 12.5 Å². The monoisotopic (exact) mass is 234 g/mol. The van der Waals surface area contributed by atoms with Gasteiger partial charge in [0.2, 0.25) is 5.91 Å². The molecule has 1 aromatic rings. The van der Waals surface area contributed by atoms with Gasteiger partial charge in [-0.1, -0.05) is 12.1 Å². The molecule has 0 saturated heterocycles. The molecular formula is C13H18N2O2. The number of hydrogen-bond acceptors (Lipinski definition) is 3. The Morgan fingerprint density at radius 1 is 1.53 bits per heavy atom. The average molecular weight is 234 g/mol. The van der Waals surface area contributed by atoms with Crippen LogP contribution < -0.4 is 15.4 Å². The van der Waals surface area contributed by atoms with Gasteiger partial charge in [0, 0.05) is 18.3 Å². The number of hydrogen-bond donors (Lipinski definition) is 2. The van der Waals surface area contributed by atoms with Crippen molar-refractivity contribution in [2.45, 2.75) is 6.92 Å². The standard InChI is InChI=1S/C13H18N2O2/c1-3-8-14-10-13(16)15-11-6-5-7-12(9-11)17-4-2/h3,5-7,9,14H,1,4,8,10H2,2H3,(H,15,16). The number of carbonyl (C=O) groups is 1. The van der Waals surface area contributed by atoms with Gasteiger partial charge in [-0.05, 0) is 19.1 Å². The third-order valence-corrected chi connectivity index (χ3v) is 2.00. The minimum absolute atomic E-state index is 0.0829. The molecule has 17 heavy (non-hydrogen) atoms. The van der Waals surface area contributed by atoms with Gasteiger partial charge in [0.25, 0.3) is 0 Å². The van der Waals surface area contributed by atoms with E-state index in [0.717, 1.165) is 11.4 Å². The van der Waals surface area contributed by atoms with Crippen LogP contribution in [-0.4, -0.2) is 25.6 Å². The van der Waals surface area contributed by atoms with Crippen molar-refractivity contribution in [3.8, 4) is 5.75 Å². The van der Waals surface area contributed by atoms with E-state index in [4.69, 9.17) is 4.74 Å². The van der Waals surface area contributed by atoms with Crippen molar-refractivity contribution in [2.75, 3.05) is 25.0 Å². The van der Waals surface area contributed by atoms with Gasteiger partial charge in [0.15, 0.2) is 0 Å². The Hall–Kier alpha value is -1.81. The Morgan fingerprint density at radius 2 is 2.35 bits per heavy atom. The number of nitrogens with one attached hydrogen (secondary N) is 2. The quantitative estimate of drug-likeness (QED) is 0.558. The lowest BCUT2D eigenvalue weighted by Crippen LogP contribution is -2.28. The van der Waals surface area contributed by atoms with E-state index >= 15 is 0 Å². The number of carbonyl (C=O) groups excluding carboxylic acids is 1. The summed E-state index contributed by atoms with van der Waals surface area (Å²) in [6.45, 7) is 6.98. The van der Waals surface area contributed by atoms with Gasteiger partial charge in [0.05, 0.1) is 13.2 Å². The van der Waals surface area contributed by atoms with Crippen LogP contribution in [0.1, 0.15) is 6.92 Å². The van der Waals surface area contributed by atoms with Crippen LogP contribution in [-0.2, 0) is 4.79 Å². The Bertz CT molecular complexity index is 377. The number of ether oxygens (including phenoxy) is 1. The molecule has 0 spiro atoms. The van der Waals surface area contributed by atoms with Crippen LogP contribution in [0.4, 0.5) is 5.69 Å². The highest BCUT2D eigenvalue weighted by Gasteiger charge is 2.02. The van der Waals surface area contributed by atoms with Gasteiger partial charge in [-0.2, -0.15) is 0 Å². The van der Waals surface area contributed by atoms with E-state index in [2.05, 4.69) is 17.2 Å². The van der Waals surface area contributed by atoms with Crippen LogP contribution >= 0.6 is 0 Å². The predicted molar refractivity (Wildman–Crippen MR) is 69.3 cm³/mol. The highest BCUT2D eigenvalue weighted by atomic mass is 16.5. The first-order chi connectivity index (χ1) is 8.26. The fourth-order valence-electron chi connectivity index (χ4n) is 1.32. The normalized spacial score (nSPS) is 9.71. The van der Waals surface area contributed by atoms with E-state index < -0.39 is 0 Å². The maximum Gasteiger partial charge on any atom is 0.238 e. The van der Waals surface area contributed by atoms with Crippen LogP contribution in [0.15, 0.2) is 36.9 Å². The third kappa shape index (κ3) is 5.17. The molecule has 0 aliphatic rings. The predicted octanol–water partition coefficient (Wildman–Crippen LogP) is 1.80. The molecule has 0 bridgehead atoms. The molecule has 0 radical (unpaired) electrons. The summed E-state index contributed by atoms with van der Waals surface area (Å²) in [5.74, 6) is 0.671. The molecule has 0 aliphatic carbocycles. The summed E-state index contributed by atoms with van der Waals surface area (Å²) in [6, 6.07) is 7.33. The fourth-order valence-corrected chi connectivity index (χ4v) is 1.32. The SMILES string of the molecule is C=CCNCC(=O)Nc1cccc(OCC)c1. The van der Waals surface area contributed by atoms with Gasteiger partial charge >= 0.3 is 0 Å². The largest absolute Gasteiger partial charge is 0.494 e. The molecule has 1 rings (SSSR count). The van der Waals surface area contributed by atoms with E-state index in [0.29, 0.717) is 13.2 Å². The zero-order valence-corrected chi connectivity index (χ0v) is 10.0. The van der Waals surface area contributed by atoms with Gasteiger partial charge in [-0.3, -0.25) is 4.79 Å². The summed E-state index contributed by atoms with van der Waals surface area (Å²) in [6.07, 6.45) is 1.71. The average Bonchev–Trinajstić information content (AvgIpc) is 2.30. The van der Waals surface area contributed by atoms with Crippen molar-refractivity contribution in [3.63, 3.8) is 0 Å². The van der Waals surface area contributed by atoms with Crippen molar-refractivity contribution in [1.29, 1.82) is 0 Å². The first-order valence-corrected chi connectivity index (χ1v) is 5.60. The first-order valence-electron chi connectivity index (χ1n) is 5.60. The lowest BCUT2D eigenvalue weighted by molar-refractivity contribution is -0.115. The van der Waals surface area contributed by atoms with E-state index in [1.165, 1.54) is 0 Å². The molecule has 0 aliphatic heterocycles. The van der Waals surface area contributed by atoms with Crippen molar-refractivity contribution < 1.29 is 9.53 Å². The van der Waals surface area contributed by atoms with Crippen molar-refractivity contribution >= 4 is 11.6 Å². The molecule has 1 amide bonds. The topological polar surface area (TPSA) is 50.4 Å². The maximum absolute atomic E-state index is 11.5. The molecule has 92 valence electrons. The van der Waals surface area contributed by atoms with Crippen LogP contribution in [0.25, 0.3) is 0 Å². The third-order valence-electron chi connectivity index (χ3n) is 2.00. The minimum Gasteiger partial charge on any atom is -0.494 e. The Labute approximate surface area is 102 Å². The summed E-state index contributed by atoms with van der Waals surface area (Å²) < 4.78 is 5.35. The van der Waals surface area contributed by atoms with Crippen LogP contribution in [0.3, 0.4) is 0 Å². The molecule has 0 aromatic heterocycles. The highest BCUT2D eigenvalue weighted by molar-refractivity contribution is 5.92. The number of rotatable bonds is 7. The molecular weight excluding hydrogens is 216 g/mol. The molecule has 4 nitrogen and oxygen atoms in total. The van der Waals surface area contributed by atoms with Crippen molar-refractivity contribution in [1.82, 2.24) is 5.32 Å².